The van der Waals surface area contributed by atoms with E-state index in [4.69, 9.17) is 18.6 Å². The van der Waals surface area contributed by atoms with Crippen LogP contribution in [0.2, 0.25) is 0 Å². The van der Waals surface area contributed by atoms with Gasteiger partial charge in [-0.3, -0.25) is 0 Å². The van der Waals surface area contributed by atoms with Crippen LogP contribution in [0.5, 0.6) is 11.5 Å². The minimum atomic E-state index is -0.379. The van der Waals surface area contributed by atoms with Crippen molar-refractivity contribution in [1.29, 1.82) is 0 Å². The molecule has 1 aromatic carbocycles. The Labute approximate surface area is 141 Å². The van der Waals surface area contributed by atoms with Crippen LogP contribution in [-0.4, -0.2) is 22.9 Å². The molecule has 6 heteroatoms. The lowest BCUT2D eigenvalue weighted by Gasteiger charge is -2.26. The van der Waals surface area contributed by atoms with E-state index in [9.17, 15) is 0 Å². The average molecular weight is 330 g/mol. The molecule has 1 fully saturated rings. The maximum absolute atomic E-state index is 5.93. The lowest BCUT2D eigenvalue weighted by molar-refractivity contribution is -0.00637. The van der Waals surface area contributed by atoms with Gasteiger partial charge < -0.3 is 18.6 Å². The number of hydrogen-bond acceptors (Lipinski definition) is 6. The van der Waals surface area contributed by atoms with Gasteiger partial charge in [0, 0.05) is 0 Å². The summed E-state index contributed by atoms with van der Waals surface area (Å²) in [5.74, 6) is 3.09. The van der Waals surface area contributed by atoms with E-state index in [2.05, 4.69) is 17.1 Å². The second-order valence-corrected chi connectivity index (χ2v) is 6.60. The van der Waals surface area contributed by atoms with Crippen molar-refractivity contribution < 1.29 is 18.6 Å². The molecule has 0 radical (unpaired) electrons. The fourth-order valence-electron chi connectivity index (χ4n) is 3.32. The van der Waals surface area contributed by atoms with Crippen molar-refractivity contribution in [3.05, 3.63) is 36.0 Å². The van der Waals surface area contributed by atoms with Gasteiger partial charge in [0.1, 0.15) is 13.2 Å². The van der Waals surface area contributed by atoms with E-state index in [-0.39, 0.29) is 6.10 Å². The number of nitrogens with zero attached hydrogens (tertiary/aromatic N) is 2. The molecule has 0 bridgehead atoms. The molecule has 0 unspecified atom stereocenters. The number of rotatable bonds is 4. The second-order valence-electron chi connectivity index (χ2n) is 6.60. The Morgan fingerprint density at radius 3 is 2.92 bits per heavy atom. The van der Waals surface area contributed by atoms with Crippen LogP contribution < -0.4 is 9.47 Å². The van der Waals surface area contributed by atoms with Crippen LogP contribution in [0.15, 0.2) is 28.7 Å². The Hall–Kier alpha value is -2.08. The molecule has 2 aromatic rings. The summed E-state index contributed by atoms with van der Waals surface area (Å²) in [6.45, 7) is 2.99. The molecule has 2 heterocycles. The van der Waals surface area contributed by atoms with E-state index < -0.39 is 0 Å². The van der Waals surface area contributed by atoms with Gasteiger partial charge in [-0.1, -0.05) is 31.9 Å². The maximum atomic E-state index is 5.93. The monoisotopic (exact) mass is 330 g/mol. The predicted octanol–water partition coefficient (Wildman–Crippen LogP) is 3.68. The fourth-order valence-corrected chi connectivity index (χ4v) is 3.32. The van der Waals surface area contributed by atoms with Crippen LogP contribution in [0, 0.1) is 5.92 Å². The third-order valence-electron chi connectivity index (χ3n) is 4.60. The van der Waals surface area contributed by atoms with Crippen molar-refractivity contribution >= 4 is 0 Å². The lowest BCUT2D eigenvalue weighted by Crippen LogP contribution is -2.22. The first kappa shape index (κ1) is 15.4. The number of para-hydroxylation sites is 2. The number of aromatic nitrogens is 2. The normalized spacial score (nSPS) is 26.3. The van der Waals surface area contributed by atoms with Gasteiger partial charge in [0.2, 0.25) is 12.0 Å². The molecule has 128 valence electrons. The molecule has 1 aliphatic heterocycles. The molecule has 0 spiro atoms. The zero-order valence-corrected chi connectivity index (χ0v) is 13.8. The second kappa shape index (κ2) is 6.81. The highest BCUT2D eigenvalue weighted by Gasteiger charge is 2.27. The summed E-state index contributed by atoms with van der Waals surface area (Å²) in [5, 5.41) is 8.16. The smallest absolute Gasteiger partial charge is 0.260 e. The van der Waals surface area contributed by atoms with E-state index in [1.54, 1.807) is 0 Å². The van der Waals surface area contributed by atoms with Crippen LogP contribution >= 0.6 is 0 Å². The van der Waals surface area contributed by atoms with Gasteiger partial charge in [0.25, 0.3) is 5.89 Å². The summed E-state index contributed by atoms with van der Waals surface area (Å²) in [7, 11) is 0. The number of hydrogen-bond donors (Lipinski definition) is 0. The van der Waals surface area contributed by atoms with Gasteiger partial charge in [-0.2, -0.15) is 0 Å². The third-order valence-corrected chi connectivity index (χ3v) is 4.60. The van der Waals surface area contributed by atoms with E-state index in [0.29, 0.717) is 36.8 Å². The molecule has 4 rings (SSSR count). The van der Waals surface area contributed by atoms with E-state index in [0.717, 1.165) is 24.5 Å². The SMILES string of the molecule is C[C@@H]1CCC[C@H](OCc2nnc([C@H]3COc4ccccc4O3)o2)C1. The van der Waals surface area contributed by atoms with Gasteiger partial charge >= 0.3 is 0 Å². The van der Waals surface area contributed by atoms with Gasteiger partial charge in [-0.15, -0.1) is 10.2 Å². The first-order valence-electron chi connectivity index (χ1n) is 8.60. The Bertz CT molecular complexity index is 687. The highest BCUT2D eigenvalue weighted by molar-refractivity contribution is 5.40. The molecular formula is C18H22N2O4. The summed E-state index contributed by atoms with van der Waals surface area (Å²) in [5.41, 5.74) is 0. The van der Waals surface area contributed by atoms with Crippen molar-refractivity contribution in [2.75, 3.05) is 6.61 Å². The summed E-state index contributed by atoms with van der Waals surface area (Å²) < 4.78 is 23.2. The van der Waals surface area contributed by atoms with E-state index >= 15 is 0 Å². The predicted molar refractivity (Wildman–Crippen MR) is 85.8 cm³/mol. The first-order chi connectivity index (χ1) is 11.8. The standard InChI is InChI=1S/C18H22N2O4/c1-12-5-4-6-13(9-12)21-11-17-19-20-18(24-17)16-10-22-14-7-2-3-8-15(14)23-16/h2-3,7-8,12-13,16H,4-6,9-11H2,1H3/t12-,13+,16-/m1/s1. The molecule has 0 amide bonds. The van der Waals surface area contributed by atoms with E-state index in [1.165, 1.54) is 12.8 Å². The summed E-state index contributed by atoms with van der Waals surface area (Å²) >= 11 is 0. The third kappa shape index (κ3) is 3.38. The number of ether oxygens (including phenoxy) is 3. The highest BCUT2D eigenvalue weighted by Crippen LogP contribution is 2.35. The Morgan fingerprint density at radius 2 is 2.04 bits per heavy atom. The quantitative estimate of drug-likeness (QED) is 0.852. The number of fused-ring (bicyclic) bond motifs is 1. The summed E-state index contributed by atoms with van der Waals surface area (Å²) in [6, 6.07) is 7.57. The summed E-state index contributed by atoms with van der Waals surface area (Å²) in [6.07, 6.45) is 4.67. The van der Waals surface area contributed by atoms with Crippen molar-refractivity contribution in [3.63, 3.8) is 0 Å². The summed E-state index contributed by atoms with van der Waals surface area (Å²) in [4.78, 5) is 0. The highest BCUT2D eigenvalue weighted by atomic mass is 16.6. The van der Waals surface area contributed by atoms with Crippen molar-refractivity contribution in [2.45, 2.75) is 51.4 Å². The first-order valence-corrected chi connectivity index (χ1v) is 8.60. The number of benzene rings is 1. The van der Waals surface area contributed by atoms with Crippen LogP contribution in [0.1, 0.15) is 50.5 Å². The van der Waals surface area contributed by atoms with Crippen molar-refractivity contribution in [1.82, 2.24) is 10.2 Å². The topological polar surface area (TPSA) is 66.6 Å². The van der Waals surface area contributed by atoms with Crippen LogP contribution in [0.4, 0.5) is 0 Å². The van der Waals surface area contributed by atoms with Gasteiger partial charge in [0.05, 0.1) is 6.10 Å². The molecule has 2 aliphatic rings. The Morgan fingerprint density at radius 1 is 1.17 bits per heavy atom. The molecule has 6 nitrogen and oxygen atoms in total. The fraction of sp³-hybridized carbons (Fsp3) is 0.556. The van der Waals surface area contributed by atoms with Crippen LogP contribution in [0.3, 0.4) is 0 Å². The molecule has 0 saturated heterocycles. The van der Waals surface area contributed by atoms with Crippen LogP contribution in [-0.2, 0) is 11.3 Å². The van der Waals surface area contributed by atoms with Gasteiger partial charge in [-0.05, 0) is 30.9 Å². The minimum Gasteiger partial charge on any atom is -0.485 e. The Kier molecular flexibility index (Phi) is 4.38. The lowest BCUT2D eigenvalue weighted by atomic mass is 9.89. The van der Waals surface area contributed by atoms with Crippen molar-refractivity contribution in [2.24, 2.45) is 5.92 Å². The average Bonchev–Trinajstić information content (AvgIpc) is 3.09. The van der Waals surface area contributed by atoms with Gasteiger partial charge in [-0.25, -0.2) is 0 Å². The van der Waals surface area contributed by atoms with Gasteiger partial charge in [0.15, 0.2) is 11.5 Å². The van der Waals surface area contributed by atoms with Crippen LogP contribution in [0.25, 0.3) is 0 Å². The molecule has 24 heavy (non-hydrogen) atoms. The molecule has 1 aromatic heterocycles. The maximum Gasteiger partial charge on any atom is 0.260 e. The largest absolute Gasteiger partial charge is 0.485 e. The minimum absolute atomic E-state index is 0.297. The zero-order valence-electron chi connectivity index (χ0n) is 13.8. The zero-order chi connectivity index (χ0) is 16.4. The molecule has 1 saturated carbocycles. The molecule has 0 N–H and O–H groups in total. The molecular weight excluding hydrogens is 308 g/mol. The molecule has 1 aliphatic carbocycles. The van der Waals surface area contributed by atoms with Crippen molar-refractivity contribution in [3.8, 4) is 11.5 Å². The Balaban J connectivity index is 1.35. The molecule has 3 atom stereocenters. The van der Waals surface area contributed by atoms with E-state index in [1.807, 2.05) is 24.3 Å².